The Morgan fingerprint density at radius 3 is 2.42 bits per heavy atom. The first-order chi connectivity index (χ1) is 11.8. The summed E-state index contributed by atoms with van der Waals surface area (Å²) >= 11 is 0. The number of aromatic amines is 1. The predicted octanol–water partition coefficient (Wildman–Crippen LogP) is 4.99. The summed E-state index contributed by atoms with van der Waals surface area (Å²) in [7, 11) is 1.74. The van der Waals surface area contributed by atoms with Crippen LogP contribution in [0, 0.1) is 0 Å². The van der Waals surface area contributed by atoms with Crippen LogP contribution in [0.5, 0.6) is 5.75 Å². The lowest BCUT2D eigenvalue weighted by atomic mass is 10.0. The van der Waals surface area contributed by atoms with Crippen molar-refractivity contribution in [2.75, 3.05) is 26.7 Å². The molecule has 1 heterocycles. The second-order valence-electron chi connectivity index (χ2n) is 6.44. The average molecular weight is 324 g/mol. The van der Waals surface area contributed by atoms with E-state index in [1.165, 1.54) is 47.8 Å². The van der Waals surface area contributed by atoms with Gasteiger partial charge in [0.25, 0.3) is 0 Å². The van der Waals surface area contributed by atoms with E-state index >= 15 is 0 Å². The number of ether oxygens (including phenoxy) is 1. The van der Waals surface area contributed by atoms with Gasteiger partial charge in [-0.15, -0.1) is 0 Å². The van der Waals surface area contributed by atoms with Gasteiger partial charge in [-0.05, 0) is 50.0 Å². The zero-order valence-corrected chi connectivity index (χ0v) is 15.1. The Hall–Kier alpha value is -2.00. The Bertz CT molecular complexity index is 800. The van der Waals surface area contributed by atoms with Gasteiger partial charge in [-0.1, -0.05) is 38.1 Å². The lowest BCUT2D eigenvalue weighted by Gasteiger charge is -2.21. The lowest BCUT2D eigenvalue weighted by molar-refractivity contribution is 0.278. The van der Waals surface area contributed by atoms with Crippen LogP contribution in [-0.2, 0) is 6.42 Å². The second kappa shape index (κ2) is 7.71. The van der Waals surface area contributed by atoms with Crippen LogP contribution < -0.4 is 4.74 Å². The number of hydrogen-bond acceptors (Lipinski definition) is 2. The molecular weight excluding hydrogens is 296 g/mol. The molecule has 1 N–H and O–H groups in total. The van der Waals surface area contributed by atoms with Crippen LogP contribution in [0.3, 0.4) is 0 Å². The summed E-state index contributed by atoms with van der Waals surface area (Å²) in [5, 5.41) is 2.61. The van der Waals surface area contributed by atoms with Crippen LogP contribution in [0.1, 0.15) is 32.3 Å². The van der Waals surface area contributed by atoms with Gasteiger partial charge in [0.15, 0.2) is 0 Å². The summed E-state index contributed by atoms with van der Waals surface area (Å²) in [6, 6.07) is 12.9. The van der Waals surface area contributed by atoms with E-state index in [2.05, 4.69) is 60.1 Å². The monoisotopic (exact) mass is 324 g/mol. The molecule has 1 aromatic heterocycles. The first-order valence-corrected chi connectivity index (χ1v) is 9.07. The molecule has 0 radical (unpaired) electrons. The van der Waals surface area contributed by atoms with Gasteiger partial charge in [0.05, 0.1) is 12.6 Å². The van der Waals surface area contributed by atoms with Crippen LogP contribution in [-0.4, -0.2) is 36.6 Å². The highest BCUT2D eigenvalue weighted by molar-refractivity contribution is 6.10. The molecule has 0 saturated heterocycles. The van der Waals surface area contributed by atoms with Gasteiger partial charge in [0.2, 0.25) is 0 Å². The van der Waals surface area contributed by atoms with Crippen LogP contribution in [0.15, 0.2) is 36.4 Å². The van der Waals surface area contributed by atoms with Gasteiger partial charge in [-0.2, -0.15) is 0 Å². The van der Waals surface area contributed by atoms with E-state index in [1.807, 2.05) is 0 Å². The molecule has 0 bridgehead atoms. The zero-order valence-electron chi connectivity index (χ0n) is 15.1. The van der Waals surface area contributed by atoms with Gasteiger partial charge < -0.3 is 14.6 Å². The number of methoxy groups -OCH3 is 1. The number of nitrogens with one attached hydrogen (secondary N) is 1. The average Bonchev–Trinajstić information content (AvgIpc) is 2.99. The normalized spacial score (nSPS) is 11.7. The van der Waals surface area contributed by atoms with Crippen molar-refractivity contribution >= 4 is 21.8 Å². The SMILES string of the molecule is CCCN(CCC)CCc1ccc(OC)c2[nH]c3ccccc3c12. The molecule has 3 rings (SSSR count). The Morgan fingerprint density at radius 1 is 0.958 bits per heavy atom. The largest absolute Gasteiger partial charge is 0.495 e. The van der Waals surface area contributed by atoms with E-state index in [-0.39, 0.29) is 0 Å². The van der Waals surface area contributed by atoms with Gasteiger partial charge in [0, 0.05) is 22.8 Å². The summed E-state index contributed by atoms with van der Waals surface area (Å²) in [4.78, 5) is 6.11. The fourth-order valence-electron chi connectivity index (χ4n) is 3.63. The first kappa shape index (κ1) is 16.8. The van der Waals surface area contributed by atoms with E-state index in [4.69, 9.17) is 4.74 Å². The molecule has 2 aromatic carbocycles. The van der Waals surface area contributed by atoms with Crippen molar-refractivity contribution in [2.24, 2.45) is 0 Å². The molecule has 0 aliphatic rings. The molecule has 3 nitrogen and oxygen atoms in total. The van der Waals surface area contributed by atoms with Crippen molar-refractivity contribution in [3.63, 3.8) is 0 Å². The molecule has 0 saturated carbocycles. The number of benzene rings is 2. The summed E-state index contributed by atoms with van der Waals surface area (Å²) in [6.07, 6.45) is 3.50. The maximum atomic E-state index is 5.57. The third-order valence-corrected chi connectivity index (χ3v) is 4.71. The number of fused-ring (bicyclic) bond motifs is 3. The highest BCUT2D eigenvalue weighted by Crippen LogP contribution is 2.34. The van der Waals surface area contributed by atoms with Crippen molar-refractivity contribution in [3.8, 4) is 5.75 Å². The van der Waals surface area contributed by atoms with Crippen molar-refractivity contribution in [2.45, 2.75) is 33.1 Å². The molecule has 24 heavy (non-hydrogen) atoms. The van der Waals surface area contributed by atoms with E-state index < -0.39 is 0 Å². The highest BCUT2D eigenvalue weighted by Gasteiger charge is 2.13. The van der Waals surface area contributed by atoms with Crippen molar-refractivity contribution in [3.05, 3.63) is 42.0 Å². The van der Waals surface area contributed by atoms with Gasteiger partial charge >= 0.3 is 0 Å². The van der Waals surface area contributed by atoms with E-state index in [9.17, 15) is 0 Å². The summed E-state index contributed by atoms with van der Waals surface area (Å²) in [5.41, 5.74) is 3.70. The standard InChI is InChI=1S/C21H28N2O/c1-4-13-23(14-5-2)15-12-16-10-11-19(24-3)21-20(16)17-8-6-7-9-18(17)22-21/h6-11,22H,4-5,12-15H2,1-3H3. The topological polar surface area (TPSA) is 28.3 Å². The maximum Gasteiger partial charge on any atom is 0.142 e. The fraction of sp³-hybridized carbons (Fsp3) is 0.429. The van der Waals surface area contributed by atoms with Gasteiger partial charge in [-0.25, -0.2) is 0 Å². The van der Waals surface area contributed by atoms with Crippen LogP contribution >= 0.6 is 0 Å². The molecule has 128 valence electrons. The number of nitrogens with zero attached hydrogens (tertiary/aromatic N) is 1. The molecular formula is C21H28N2O. The minimum absolute atomic E-state index is 0.920. The smallest absolute Gasteiger partial charge is 0.142 e. The Balaban J connectivity index is 1.98. The van der Waals surface area contributed by atoms with E-state index in [0.29, 0.717) is 0 Å². The summed E-state index contributed by atoms with van der Waals surface area (Å²) < 4.78 is 5.57. The highest BCUT2D eigenvalue weighted by atomic mass is 16.5. The van der Waals surface area contributed by atoms with Crippen LogP contribution in [0.25, 0.3) is 21.8 Å². The molecule has 3 aromatic rings. The molecule has 0 amide bonds. The molecule has 0 unspecified atom stereocenters. The molecule has 0 spiro atoms. The second-order valence-corrected chi connectivity index (χ2v) is 6.44. The van der Waals surface area contributed by atoms with Gasteiger partial charge in [0.1, 0.15) is 5.75 Å². The number of H-pyrrole nitrogens is 1. The molecule has 0 fully saturated rings. The van der Waals surface area contributed by atoms with Crippen LogP contribution in [0.4, 0.5) is 0 Å². The predicted molar refractivity (Wildman–Crippen MR) is 103 cm³/mol. The number of rotatable bonds is 8. The molecule has 0 aliphatic carbocycles. The van der Waals surface area contributed by atoms with E-state index in [1.54, 1.807) is 7.11 Å². The summed E-state index contributed by atoms with van der Waals surface area (Å²) in [5.74, 6) is 0.920. The fourth-order valence-corrected chi connectivity index (χ4v) is 3.63. The molecule has 0 aliphatic heterocycles. The minimum Gasteiger partial charge on any atom is -0.495 e. The van der Waals surface area contributed by atoms with Crippen molar-refractivity contribution in [1.82, 2.24) is 9.88 Å². The van der Waals surface area contributed by atoms with Crippen molar-refractivity contribution < 1.29 is 4.74 Å². The first-order valence-electron chi connectivity index (χ1n) is 9.07. The molecule has 3 heteroatoms. The number of aromatic nitrogens is 1. The third kappa shape index (κ3) is 3.27. The maximum absolute atomic E-state index is 5.57. The van der Waals surface area contributed by atoms with Crippen molar-refractivity contribution in [1.29, 1.82) is 0 Å². The summed E-state index contributed by atoms with van der Waals surface area (Å²) in [6.45, 7) is 7.99. The zero-order chi connectivity index (χ0) is 16.9. The van der Waals surface area contributed by atoms with Gasteiger partial charge in [-0.3, -0.25) is 0 Å². The minimum atomic E-state index is 0.920. The number of hydrogen-bond donors (Lipinski definition) is 1. The Kier molecular flexibility index (Phi) is 5.41. The lowest BCUT2D eigenvalue weighted by Crippen LogP contribution is -2.27. The van der Waals surface area contributed by atoms with Crippen LogP contribution in [0.2, 0.25) is 0 Å². The molecule has 0 atom stereocenters. The Labute approximate surface area is 144 Å². The Morgan fingerprint density at radius 2 is 1.71 bits per heavy atom. The van der Waals surface area contributed by atoms with E-state index in [0.717, 1.165) is 24.2 Å². The number of para-hydroxylation sites is 1. The quantitative estimate of drug-likeness (QED) is 0.632. The third-order valence-electron chi connectivity index (χ3n) is 4.71.